The Balaban J connectivity index is 1.72. The van der Waals surface area contributed by atoms with Crippen molar-refractivity contribution in [3.05, 3.63) is 29.8 Å². The summed E-state index contributed by atoms with van der Waals surface area (Å²) in [6.07, 6.45) is 0.735. The van der Waals surface area contributed by atoms with Gasteiger partial charge in [-0.3, -0.25) is 9.59 Å². The van der Waals surface area contributed by atoms with E-state index >= 15 is 0 Å². The molecule has 2 unspecified atom stereocenters. The highest BCUT2D eigenvalue weighted by atomic mass is 16.5. The van der Waals surface area contributed by atoms with Gasteiger partial charge in [0.2, 0.25) is 5.91 Å². The van der Waals surface area contributed by atoms with Crippen LogP contribution in [-0.2, 0) is 14.3 Å². The van der Waals surface area contributed by atoms with E-state index in [1.165, 1.54) is 0 Å². The molecule has 0 aliphatic carbocycles. The molecule has 6 heteroatoms. The Kier molecular flexibility index (Phi) is 7.25. The zero-order valence-electron chi connectivity index (χ0n) is 15.2. The van der Waals surface area contributed by atoms with Crippen molar-refractivity contribution in [1.29, 1.82) is 0 Å². The highest BCUT2D eigenvalue weighted by Gasteiger charge is 2.23. The third kappa shape index (κ3) is 5.74. The van der Waals surface area contributed by atoms with Crippen molar-refractivity contribution in [2.45, 2.75) is 51.7 Å². The molecule has 1 saturated heterocycles. The summed E-state index contributed by atoms with van der Waals surface area (Å²) in [5.74, 6) is 0.734. The average molecular weight is 348 g/mol. The average Bonchev–Trinajstić information content (AvgIpc) is 3.13. The van der Waals surface area contributed by atoms with Crippen LogP contribution in [-0.4, -0.2) is 43.7 Å². The SMILES string of the molecule is CC(Oc1ccccc1C(C)C)C(=O)NCCNC(=O)C1CCCO1. The van der Waals surface area contributed by atoms with Gasteiger partial charge in [0.05, 0.1) is 0 Å². The fraction of sp³-hybridized carbons (Fsp3) is 0.579. The molecule has 1 aliphatic rings. The molecule has 2 atom stereocenters. The maximum absolute atomic E-state index is 12.2. The van der Waals surface area contributed by atoms with E-state index < -0.39 is 6.10 Å². The van der Waals surface area contributed by atoms with Gasteiger partial charge in [-0.25, -0.2) is 0 Å². The quantitative estimate of drug-likeness (QED) is 0.705. The van der Waals surface area contributed by atoms with Crippen molar-refractivity contribution in [3.63, 3.8) is 0 Å². The van der Waals surface area contributed by atoms with E-state index in [9.17, 15) is 9.59 Å². The highest BCUT2D eigenvalue weighted by molar-refractivity contribution is 5.82. The highest BCUT2D eigenvalue weighted by Crippen LogP contribution is 2.26. The second-order valence-corrected chi connectivity index (χ2v) is 6.54. The molecular weight excluding hydrogens is 320 g/mol. The zero-order valence-corrected chi connectivity index (χ0v) is 15.2. The Morgan fingerprint density at radius 3 is 2.60 bits per heavy atom. The maximum Gasteiger partial charge on any atom is 0.260 e. The number of benzene rings is 1. The van der Waals surface area contributed by atoms with Gasteiger partial charge in [0.25, 0.3) is 5.91 Å². The van der Waals surface area contributed by atoms with E-state index in [0.29, 0.717) is 25.6 Å². The number of hydrogen-bond donors (Lipinski definition) is 2. The number of hydrogen-bond acceptors (Lipinski definition) is 4. The first-order chi connectivity index (χ1) is 12.0. The fourth-order valence-electron chi connectivity index (χ4n) is 2.72. The van der Waals surface area contributed by atoms with Crippen LogP contribution in [0.2, 0.25) is 0 Å². The number of amides is 2. The number of ether oxygens (including phenoxy) is 2. The van der Waals surface area contributed by atoms with E-state index in [-0.39, 0.29) is 17.9 Å². The Bertz CT molecular complexity index is 583. The van der Waals surface area contributed by atoms with Crippen LogP contribution >= 0.6 is 0 Å². The molecule has 1 heterocycles. The molecule has 6 nitrogen and oxygen atoms in total. The zero-order chi connectivity index (χ0) is 18.2. The summed E-state index contributed by atoms with van der Waals surface area (Å²) in [6, 6.07) is 7.74. The van der Waals surface area contributed by atoms with Crippen LogP contribution < -0.4 is 15.4 Å². The van der Waals surface area contributed by atoms with E-state index in [1.807, 2.05) is 24.3 Å². The standard InChI is InChI=1S/C19H28N2O4/c1-13(2)15-7-4-5-8-16(15)25-14(3)18(22)20-10-11-21-19(23)17-9-6-12-24-17/h4-5,7-8,13-14,17H,6,9-12H2,1-3H3,(H,20,22)(H,21,23). The second kappa shape index (κ2) is 9.42. The molecule has 1 aliphatic heterocycles. The third-order valence-electron chi connectivity index (χ3n) is 4.16. The summed E-state index contributed by atoms with van der Waals surface area (Å²) in [5.41, 5.74) is 1.07. The topological polar surface area (TPSA) is 76.7 Å². The second-order valence-electron chi connectivity index (χ2n) is 6.54. The first kappa shape index (κ1) is 19.2. The molecule has 0 saturated carbocycles. The van der Waals surface area contributed by atoms with Gasteiger partial charge in [-0.1, -0.05) is 32.0 Å². The molecule has 2 amide bonds. The monoisotopic (exact) mass is 348 g/mol. The Morgan fingerprint density at radius 1 is 1.20 bits per heavy atom. The minimum Gasteiger partial charge on any atom is -0.481 e. The van der Waals surface area contributed by atoms with E-state index in [1.54, 1.807) is 6.92 Å². The minimum atomic E-state index is -0.603. The van der Waals surface area contributed by atoms with Crippen LogP contribution in [0.15, 0.2) is 24.3 Å². The van der Waals surface area contributed by atoms with Crippen LogP contribution in [0.25, 0.3) is 0 Å². The van der Waals surface area contributed by atoms with Gasteiger partial charge in [0.15, 0.2) is 6.10 Å². The summed E-state index contributed by atoms with van der Waals surface area (Å²) in [6.45, 7) is 7.27. The molecule has 1 aromatic rings. The predicted molar refractivity (Wildman–Crippen MR) is 95.6 cm³/mol. The number of carbonyl (C=O) groups is 2. The molecular formula is C19H28N2O4. The molecule has 2 rings (SSSR count). The van der Waals surface area contributed by atoms with Gasteiger partial charge in [0.1, 0.15) is 11.9 Å². The molecule has 1 fully saturated rings. The van der Waals surface area contributed by atoms with Crippen molar-refractivity contribution in [1.82, 2.24) is 10.6 Å². The van der Waals surface area contributed by atoms with Crippen molar-refractivity contribution in [3.8, 4) is 5.75 Å². The van der Waals surface area contributed by atoms with Crippen LogP contribution in [0, 0.1) is 0 Å². The van der Waals surface area contributed by atoms with Crippen LogP contribution in [0.3, 0.4) is 0 Å². The van der Waals surface area contributed by atoms with Gasteiger partial charge in [-0.05, 0) is 37.3 Å². The van der Waals surface area contributed by atoms with Crippen molar-refractivity contribution < 1.29 is 19.1 Å². The molecule has 138 valence electrons. The Labute approximate surface area is 149 Å². The predicted octanol–water partition coefficient (Wildman–Crippen LogP) is 1.99. The van der Waals surface area contributed by atoms with Crippen LogP contribution in [0.1, 0.15) is 45.1 Å². The van der Waals surface area contributed by atoms with Gasteiger partial charge in [0, 0.05) is 19.7 Å². The minimum absolute atomic E-state index is 0.109. The van der Waals surface area contributed by atoms with Crippen molar-refractivity contribution in [2.75, 3.05) is 19.7 Å². The number of rotatable bonds is 8. The summed E-state index contributed by atoms with van der Waals surface area (Å²) >= 11 is 0. The first-order valence-electron chi connectivity index (χ1n) is 8.91. The fourth-order valence-corrected chi connectivity index (χ4v) is 2.72. The summed E-state index contributed by atoms with van der Waals surface area (Å²) < 4.78 is 11.1. The van der Waals surface area contributed by atoms with E-state index in [4.69, 9.17) is 9.47 Å². The molecule has 0 bridgehead atoms. The largest absolute Gasteiger partial charge is 0.481 e. The maximum atomic E-state index is 12.2. The van der Waals surface area contributed by atoms with Gasteiger partial charge < -0.3 is 20.1 Å². The Morgan fingerprint density at radius 2 is 1.92 bits per heavy atom. The summed E-state index contributed by atoms with van der Waals surface area (Å²) in [7, 11) is 0. The number of nitrogens with one attached hydrogen (secondary N) is 2. The third-order valence-corrected chi connectivity index (χ3v) is 4.16. The number of carbonyl (C=O) groups excluding carboxylic acids is 2. The van der Waals surface area contributed by atoms with Gasteiger partial charge in [-0.15, -0.1) is 0 Å². The van der Waals surface area contributed by atoms with Crippen molar-refractivity contribution >= 4 is 11.8 Å². The first-order valence-corrected chi connectivity index (χ1v) is 8.91. The molecule has 1 aromatic carbocycles. The summed E-state index contributed by atoms with van der Waals surface area (Å²) in [5, 5.41) is 5.55. The molecule has 0 spiro atoms. The lowest BCUT2D eigenvalue weighted by Gasteiger charge is -2.19. The van der Waals surface area contributed by atoms with Gasteiger partial charge >= 0.3 is 0 Å². The lowest BCUT2D eigenvalue weighted by molar-refractivity contribution is -0.130. The Hall–Kier alpha value is -2.08. The van der Waals surface area contributed by atoms with Gasteiger partial charge in [-0.2, -0.15) is 0 Å². The summed E-state index contributed by atoms with van der Waals surface area (Å²) in [4.78, 5) is 23.9. The molecule has 0 aromatic heterocycles. The molecule has 25 heavy (non-hydrogen) atoms. The van der Waals surface area contributed by atoms with Crippen LogP contribution in [0.5, 0.6) is 5.75 Å². The lowest BCUT2D eigenvalue weighted by Crippen LogP contribution is -2.42. The normalized spacial score (nSPS) is 18.0. The van der Waals surface area contributed by atoms with Crippen LogP contribution in [0.4, 0.5) is 0 Å². The lowest BCUT2D eigenvalue weighted by atomic mass is 10.0. The smallest absolute Gasteiger partial charge is 0.260 e. The molecule has 0 radical (unpaired) electrons. The van der Waals surface area contributed by atoms with E-state index in [2.05, 4.69) is 24.5 Å². The van der Waals surface area contributed by atoms with E-state index in [0.717, 1.165) is 24.2 Å². The number of para-hydroxylation sites is 1. The van der Waals surface area contributed by atoms with Crippen molar-refractivity contribution in [2.24, 2.45) is 0 Å². The molecule has 2 N–H and O–H groups in total.